The molecule has 23 valence electrons. The van der Waals surface area contributed by atoms with Crippen LogP contribution >= 0.6 is 0 Å². The van der Waals surface area contributed by atoms with Crippen molar-refractivity contribution in [3.63, 3.8) is 0 Å². The van der Waals surface area contributed by atoms with Crippen molar-refractivity contribution in [1.29, 1.82) is 0 Å². The van der Waals surface area contributed by atoms with Gasteiger partial charge in [0.15, 0.2) is 0 Å². The molecule has 0 aliphatic heterocycles. The molecule has 0 amide bonds. The Morgan fingerprint density at radius 1 is 0.750 bits per heavy atom. The summed E-state index contributed by atoms with van der Waals surface area (Å²) in [4.78, 5) is 0. The van der Waals surface area contributed by atoms with Crippen LogP contribution in [-0.4, -0.2) is 27.3 Å². The molecule has 0 aliphatic carbocycles. The third-order valence-corrected chi connectivity index (χ3v) is 0. The maximum atomic E-state index is 0. The van der Waals surface area contributed by atoms with Gasteiger partial charge in [-0.2, -0.15) is 0 Å². The Labute approximate surface area is 70.6 Å². The average molecular weight is 326 g/mol. The van der Waals surface area contributed by atoms with E-state index in [4.69, 9.17) is 0 Å². The van der Waals surface area contributed by atoms with Crippen molar-refractivity contribution >= 4 is 54.3 Å². The SMILES string of the molecule is [Mn+2].[Pb+2].[S-2].[S-2]. The summed E-state index contributed by atoms with van der Waals surface area (Å²) in [6.07, 6.45) is 0. The first-order valence-corrected chi connectivity index (χ1v) is 0. The molecule has 0 rings (SSSR count). The monoisotopic (exact) mass is 327 g/mol. The van der Waals surface area contributed by atoms with Crippen LogP contribution in [0, 0.1) is 0 Å². The largest absolute Gasteiger partial charge is 2.00 e. The Morgan fingerprint density at radius 2 is 0.750 bits per heavy atom. The Bertz CT molecular complexity index is 6.00. The summed E-state index contributed by atoms with van der Waals surface area (Å²) in [5, 5.41) is 0. The Morgan fingerprint density at radius 3 is 0.750 bits per heavy atom. The fraction of sp³-hybridized carbons (Fsp3) is 0. The summed E-state index contributed by atoms with van der Waals surface area (Å²) in [6, 6.07) is 0. The zero-order valence-electron chi connectivity index (χ0n) is 1.69. The van der Waals surface area contributed by atoms with Crippen LogP contribution in [0.3, 0.4) is 0 Å². The molecule has 0 saturated heterocycles. The minimum Gasteiger partial charge on any atom is -2.00 e. The molecule has 0 bridgehead atoms. The second-order valence-electron chi connectivity index (χ2n) is 0. The van der Waals surface area contributed by atoms with E-state index < -0.39 is 0 Å². The van der Waals surface area contributed by atoms with Crippen LogP contribution in [0.1, 0.15) is 0 Å². The van der Waals surface area contributed by atoms with Gasteiger partial charge < -0.3 is 27.0 Å². The predicted molar refractivity (Wildman–Crippen MR) is 20.5 cm³/mol. The molecule has 0 aromatic heterocycles. The molecule has 0 unspecified atom stereocenters. The number of hydrogen-bond donors (Lipinski definition) is 0. The summed E-state index contributed by atoms with van der Waals surface area (Å²) in [7, 11) is 0. The summed E-state index contributed by atoms with van der Waals surface area (Å²) < 4.78 is 0. The second kappa shape index (κ2) is 19.2. The number of rotatable bonds is 0. The smallest absolute Gasteiger partial charge is 2.00 e. The molecule has 0 aromatic rings. The van der Waals surface area contributed by atoms with E-state index in [1.807, 2.05) is 0 Å². The van der Waals surface area contributed by atoms with Gasteiger partial charge in [0, 0.05) is 0 Å². The van der Waals surface area contributed by atoms with Crippen molar-refractivity contribution in [2.75, 3.05) is 0 Å². The Hall–Kier alpha value is 2.14. The van der Waals surface area contributed by atoms with E-state index in [0.29, 0.717) is 0 Å². The summed E-state index contributed by atoms with van der Waals surface area (Å²) in [5.41, 5.74) is 0. The molecule has 0 spiro atoms. The molecule has 0 saturated carbocycles. The van der Waals surface area contributed by atoms with Crippen LogP contribution in [0.4, 0.5) is 0 Å². The van der Waals surface area contributed by atoms with Gasteiger partial charge in [0.1, 0.15) is 0 Å². The van der Waals surface area contributed by atoms with Crippen molar-refractivity contribution in [2.45, 2.75) is 0 Å². The van der Waals surface area contributed by atoms with Crippen LogP contribution in [0.15, 0.2) is 0 Å². The first kappa shape index (κ1) is 35.4. The van der Waals surface area contributed by atoms with Crippen LogP contribution in [0.25, 0.3) is 0 Å². The fourth-order valence-electron chi connectivity index (χ4n) is 0. The molecule has 0 aliphatic rings. The molecule has 3 radical (unpaired) electrons. The van der Waals surface area contributed by atoms with Gasteiger partial charge in [0.2, 0.25) is 0 Å². The van der Waals surface area contributed by atoms with Gasteiger partial charge in [-0.3, -0.25) is 0 Å². The van der Waals surface area contributed by atoms with Gasteiger partial charge in [-0.05, 0) is 0 Å². The molecule has 0 fully saturated rings. The van der Waals surface area contributed by atoms with Gasteiger partial charge >= 0.3 is 44.4 Å². The summed E-state index contributed by atoms with van der Waals surface area (Å²) in [6.45, 7) is 0. The van der Waals surface area contributed by atoms with E-state index in [0.717, 1.165) is 0 Å². The first-order chi connectivity index (χ1) is 0. The molecule has 0 atom stereocenters. The quantitative estimate of drug-likeness (QED) is 0.532. The van der Waals surface area contributed by atoms with E-state index in [1.165, 1.54) is 0 Å². The van der Waals surface area contributed by atoms with Crippen molar-refractivity contribution in [3.8, 4) is 0 Å². The van der Waals surface area contributed by atoms with E-state index in [1.54, 1.807) is 0 Å². The molecule has 0 heterocycles. The van der Waals surface area contributed by atoms with Gasteiger partial charge in [0.05, 0.1) is 0 Å². The Kier molecular flexibility index (Phi) is 170. The van der Waals surface area contributed by atoms with Crippen LogP contribution < -0.4 is 0 Å². The molecule has 0 aromatic carbocycles. The molecule has 4 heavy (non-hydrogen) atoms. The third kappa shape index (κ3) is 8.91. The zero-order chi connectivity index (χ0) is 0. The minimum absolute atomic E-state index is 0. The minimum atomic E-state index is 0. The third-order valence-electron chi connectivity index (χ3n) is 0. The molecule has 4 heteroatoms. The zero-order valence-corrected chi connectivity index (χ0v) is 8.40. The van der Waals surface area contributed by atoms with E-state index in [2.05, 4.69) is 0 Å². The maximum Gasteiger partial charge on any atom is 2.00 e. The van der Waals surface area contributed by atoms with Crippen molar-refractivity contribution < 1.29 is 17.1 Å². The van der Waals surface area contributed by atoms with E-state index in [-0.39, 0.29) is 71.4 Å². The van der Waals surface area contributed by atoms with Crippen LogP contribution in [-0.2, 0) is 44.1 Å². The van der Waals surface area contributed by atoms with Crippen molar-refractivity contribution in [3.05, 3.63) is 0 Å². The number of hydrogen-bond acceptors (Lipinski definition) is 0. The van der Waals surface area contributed by atoms with Gasteiger partial charge in [-0.25, -0.2) is 0 Å². The van der Waals surface area contributed by atoms with Crippen LogP contribution in [0.5, 0.6) is 0 Å². The molecular weight excluding hydrogens is 326 g/mol. The average Bonchev–Trinajstić information content (AvgIpc) is 0. The topological polar surface area (TPSA) is 0 Å². The summed E-state index contributed by atoms with van der Waals surface area (Å²) >= 11 is 0. The Balaban J connectivity index is 0. The standard InChI is InChI=1S/Mn.Pb.2S/q2*+2;2*-2. The molecular formula is MnPbS2. The van der Waals surface area contributed by atoms with E-state index in [9.17, 15) is 0 Å². The van der Waals surface area contributed by atoms with Crippen molar-refractivity contribution in [2.24, 2.45) is 0 Å². The second-order valence-corrected chi connectivity index (χ2v) is 0. The van der Waals surface area contributed by atoms with Crippen LogP contribution in [0.2, 0.25) is 0 Å². The van der Waals surface area contributed by atoms with Crippen molar-refractivity contribution in [1.82, 2.24) is 0 Å². The predicted octanol–water partition coefficient (Wildman–Crippen LogP) is -0.388. The molecule has 0 N–H and O–H groups in total. The van der Waals surface area contributed by atoms with Gasteiger partial charge in [-0.15, -0.1) is 0 Å². The first-order valence-electron chi connectivity index (χ1n) is 0. The molecule has 0 nitrogen and oxygen atoms in total. The fourth-order valence-corrected chi connectivity index (χ4v) is 0. The van der Waals surface area contributed by atoms with Gasteiger partial charge in [-0.1, -0.05) is 0 Å². The normalized spacial score (nSPS) is 0. The van der Waals surface area contributed by atoms with Gasteiger partial charge in [0.25, 0.3) is 0 Å². The van der Waals surface area contributed by atoms with E-state index >= 15 is 0 Å². The summed E-state index contributed by atoms with van der Waals surface area (Å²) in [5.74, 6) is 0. The maximum absolute atomic E-state index is 0.